The van der Waals surface area contributed by atoms with Crippen LogP contribution in [0.3, 0.4) is 0 Å². The van der Waals surface area contributed by atoms with Crippen molar-refractivity contribution >= 4 is 5.97 Å². The number of aliphatic hydroxyl groups is 1. The van der Waals surface area contributed by atoms with Gasteiger partial charge in [-0.2, -0.15) is 0 Å². The molecule has 0 spiro atoms. The average molecular weight is 661 g/mol. The van der Waals surface area contributed by atoms with Gasteiger partial charge in [-0.1, -0.05) is 192 Å². The summed E-state index contributed by atoms with van der Waals surface area (Å²) in [5.41, 5.74) is 0. The molecule has 0 aliphatic rings. The first-order valence-corrected chi connectivity index (χ1v) is 20.6. The van der Waals surface area contributed by atoms with Crippen LogP contribution in [0.15, 0.2) is 36.5 Å². The number of esters is 1. The summed E-state index contributed by atoms with van der Waals surface area (Å²) in [6.07, 6.45) is 50.6. The minimum absolute atomic E-state index is 0.175. The minimum Gasteiger partial charge on any atom is -0.457 e. The molecule has 4 nitrogen and oxygen atoms in total. The first-order valence-electron chi connectivity index (χ1n) is 20.6. The minimum atomic E-state index is -0.538. The van der Waals surface area contributed by atoms with Crippen molar-refractivity contribution in [1.29, 1.82) is 0 Å². The highest BCUT2D eigenvalue weighted by Crippen LogP contribution is 2.15. The number of hydrogen-bond donors (Lipinski definition) is 1. The van der Waals surface area contributed by atoms with Crippen LogP contribution < -0.4 is 0 Å². The van der Waals surface area contributed by atoms with Crippen LogP contribution in [0.25, 0.3) is 0 Å². The lowest BCUT2D eigenvalue weighted by Gasteiger charge is -2.15. The van der Waals surface area contributed by atoms with Gasteiger partial charge in [-0.25, -0.2) is 0 Å². The van der Waals surface area contributed by atoms with E-state index in [0.717, 1.165) is 44.9 Å². The van der Waals surface area contributed by atoms with Crippen LogP contribution in [-0.2, 0) is 14.3 Å². The van der Waals surface area contributed by atoms with Crippen molar-refractivity contribution in [3.8, 4) is 0 Å². The fraction of sp³-hybridized carbons (Fsp3) is 0.837. The molecule has 4 heteroatoms. The Bertz CT molecular complexity index is 698. The number of unbranched alkanes of at least 4 members (excludes halogenated alkanes) is 24. The van der Waals surface area contributed by atoms with Gasteiger partial charge in [0.25, 0.3) is 0 Å². The van der Waals surface area contributed by atoms with Gasteiger partial charge in [0.2, 0.25) is 0 Å². The Morgan fingerprint density at radius 2 is 0.957 bits per heavy atom. The standard InChI is InChI=1S/C43H80O4/c1-3-5-7-9-11-13-15-17-19-21-22-23-24-26-28-30-32-34-36-38-43(45)47-42(40-44)41-46-39-37-35-33-31-29-27-25-20-18-16-14-12-10-8-6-4-2/h6,8,12,14,18,20,42,44H,3-5,7,9-11,13,15-17,19,21-41H2,1-2H3/b8-6-,14-12-,20-18-. The van der Waals surface area contributed by atoms with E-state index in [0.29, 0.717) is 19.6 Å². The molecule has 0 radical (unpaired) electrons. The SMILES string of the molecule is CC/C=C\C/C=C\C/C=C\CCCCCCCCOCC(CO)OC(=O)CCCCCCCCCCCCCCCCCCCCC. The van der Waals surface area contributed by atoms with E-state index in [2.05, 4.69) is 50.3 Å². The van der Waals surface area contributed by atoms with Crippen LogP contribution in [0.5, 0.6) is 0 Å². The first-order chi connectivity index (χ1) is 23.2. The number of carbonyl (C=O) groups is 1. The van der Waals surface area contributed by atoms with Gasteiger partial charge in [0.1, 0.15) is 6.10 Å². The second-order valence-electron chi connectivity index (χ2n) is 13.7. The molecule has 0 aromatic heterocycles. The van der Waals surface area contributed by atoms with Crippen LogP contribution in [-0.4, -0.2) is 37.0 Å². The Balaban J connectivity index is 3.42. The largest absolute Gasteiger partial charge is 0.457 e. The van der Waals surface area contributed by atoms with Crippen molar-refractivity contribution in [2.45, 2.75) is 213 Å². The zero-order valence-corrected chi connectivity index (χ0v) is 31.5. The fourth-order valence-electron chi connectivity index (χ4n) is 5.93. The van der Waals surface area contributed by atoms with Gasteiger partial charge in [0, 0.05) is 13.0 Å². The molecule has 47 heavy (non-hydrogen) atoms. The maximum Gasteiger partial charge on any atom is 0.306 e. The third kappa shape index (κ3) is 38.9. The highest BCUT2D eigenvalue weighted by atomic mass is 16.6. The maximum absolute atomic E-state index is 12.2. The number of hydrogen-bond acceptors (Lipinski definition) is 4. The fourth-order valence-corrected chi connectivity index (χ4v) is 5.93. The highest BCUT2D eigenvalue weighted by Gasteiger charge is 2.13. The third-order valence-corrected chi connectivity index (χ3v) is 8.98. The summed E-state index contributed by atoms with van der Waals surface area (Å²) < 4.78 is 11.1. The zero-order valence-electron chi connectivity index (χ0n) is 31.5. The monoisotopic (exact) mass is 661 g/mol. The molecule has 1 atom stereocenters. The van der Waals surface area contributed by atoms with Crippen LogP contribution >= 0.6 is 0 Å². The molecule has 0 saturated carbocycles. The molecule has 0 amide bonds. The summed E-state index contributed by atoms with van der Waals surface area (Å²) in [7, 11) is 0. The van der Waals surface area contributed by atoms with Crippen molar-refractivity contribution in [3.63, 3.8) is 0 Å². The molecule has 1 N–H and O–H groups in total. The van der Waals surface area contributed by atoms with Gasteiger partial charge in [-0.3, -0.25) is 4.79 Å². The second kappa shape index (κ2) is 40.8. The molecule has 1 unspecified atom stereocenters. The molecule has 0 aliphatic carbocycles. The lowest BCUT2D eigenvalue weighted by molar-refractivity contribution is -0.154. The average Bonchev–Trinajstić information content (AvgIpc) is 3.08. The van der Waals surface area contributed by atoms with Crippen LogP contribution in [0.4, 0.5) is 0 Å². The predicted octanol–water partition coefficient (Wildman–Crippen LogP) is 13.3. The number of ether oxygens (including phenoxy) is 2. The molecular weight excluding hydrogens is 580 g/mol. The first kappa shape index (κ1) is 45.6. The number of aliphatic hydroxyl groups excluding tert-OH is 1. The summed E-state index contributed by atoms with van der Waals surface area (Å²) in [6, 6.07) is 0. The smallest absolute Gasteiger partial charge is 0.306 e. The summed E-state index contributed by atoms with van der Waals surface area (Å²) in [5, 5.41) is 9.59. The Hall–Kier alpha value is -1.39. The van der Waals surface area contributed by atoms with Crippen molar-refractivity contribution in [1.82, 2.24) is 0 Å². The van der Waals surface area contributed by atoms with E-state index in [9.17, 15) is 9.90 Å². The van der Waals surface area contributed by atoms with E-state index in [1.165, 1.54) is 141 Å². The Morgan fingerprint density at radius 1 is 0.532 bits per heavy atom. The lowest BCUT2D eigenvalue weighted by atomic mass is 10.0. The molecule has 0 aromatic rings. The Kier molecular flexibility index (Phi) is 39.6. The van der Waals surface area contributed by atoms with Crippen LogP contribution in [0, 0.1) is 0 Å². The van der Waals surface area contributed by atoms with E-state index in [1.807, 2.05) is 0 Å². The molecule has 0 aromatic carbocycles. The summed E-state index contributed by atoms with van der Waals surface area (Å²) in [6.45, 7) is 5.23. The molecule has 0 heterocycles. The molecule has 0 saturated heterocycles. The van der Waals surface area contributed by atoms with Crippen LogP contribution in [0.2, 0.25) is 0 Å². The summed E-state index contributed by atoms with van der Waals surface area (Å²) in [5.74, 6) is -0.203. The van der Waals surface area contributed by atoms with E-state index >= 15 is 0 Å². The summed E-state index contributed by atoms with van der Waals surface area (Å²) in [4.78, 5) is 12.2. The number of carbonyl (C=O) groups excluding carboxylic acids is 1. The maximum atomic E-state index is 12.2. The molecule has 0 bridgehead atoms. The van der Waals surface area contributed by atoms with Gasteiger partial charge in [0.15, 0.2) is 0 Å². The van der Waals surface area contributed by atoms with E-state index in [1.54, 1.807) is 0 Å². The summed E-state index contributed by atoms with van der Waals surface area (Å²) >= 11 is 0. The van der Waals surface area contributed by atoms with Gasteiger partial charge >= 0.3 is 5.97 Å². The van der Waals surface area contributed by atoms with Gasteiger partial charge < -0.3 is 14.6 Å². The number of rotatable bonds is 38. The number of allylic oxidation sites excluding steroid dienone is 6. The Labute approximate surface area is 293 Å². The van der Waals surface area contributed by atoms with E-state index in [4.69, 9.17) is 9.47 Å². The van der Waals surface area contributed by atoms with Crippen molar-refractivity contribution < 1.29 is 19.4 Å². The highest BCUT2D eigenvalue weighted by molar-refractivity contribution is 5.69. The third-order valence-electron chi connectivity index (χ3n) is 8.98. The normalized spacial score (nSPS) is 12.7. The van der Waals surface area contributed by atoms with E-state index in [-0.39, 0.29) is 12.6 Å². The van der Waals surface area contributed by atoms with Crippen molar-refractivity contribution in [2.75, 3.05) is 19.8 Å². The van der Waals surface area contributed by atoms with Crippen molar-refractivity contribution in [3.05, 3.63) is 36.5 Å². The van der Waals surface area contributed by atoms with Crippen molar-refractivity contribution in [2.24, 2.45) is 0 Å². The molecular formula is C43H80O4. The quantitative estimate of drug-likeness (QED) is 0.0407. The van der Waals surface area contributed by atoms with Gasteiger partial charge in [0.05, 0.1) is 13.2 Å². The Morgan fingerprint density at radius 3 is 1.45 bits per heavy atom. The van der Waals surface area contributed by atoms with Crippen LogP contribution in [0.1, 0.15) is 206 Å². The van der Waals surface area contributed by atoms with E-state index < -0.39 is 6.10 Å². The molecule has 0 fully saturated rings. The molecule has 0 rings (SSSR count). The lowest BCUT2D eigenvalue weighted by Crippen LogP contribution is -2.27. The van der Waals surface area contributed by atoms with Gasteiger partial charge in [-0.05, 0) is 44.9 Å². The molecule has 0 aliphatic heterocycles. The topological polar surface area (TPSA) is 55.8 Å². The zero-order chi connectivity index (χ0) is 34.1. The van der Waals surface area contributed by atoms with Gasteiger partial charge in [-0.15, -0.1) is 0 Å². The predicted molar refractivity (Wildman–Crippen MR) is 205 cm³/mol. The molecule has 276 valence electrons. The second-order valence-corrected chi connectivity index (χ2v) is 13.7.